The molecule has 0 aromatic heterocycles. The number of unbranched alkanes of at least 4 members (excludes halogenated alkanes) is 2. The van der Waals surface area contributed by atoms with Crippen LogP contribution in [0.25, 0.3) is 0 Å². The molecule has 0 aliphatic carbocycles. The monoisotopic (exact) mass is 202 g/mol. The average Bonchev–Trinajstić information content (AvgIpc) is 2.94. The number of aliphatic hydroxyl groups is 1. The number of carbonyl (C=O) groups excluding carboxylic acids is 1. The number of ether oxygens (including phenoxy) is 2. The third-order valence-corrected chi connectivity index (χ3v) is 2.26. The van der Waals surface area contributed by atoms with E-state index in [0.29, 0.717) is 6.42 Å². The molecule has 0 aromatic carbocycles. The second-order valence-electron chi connectivity index (χ2n) is 3.54. The van der Waals surface area contributed by atoms with Gasteiger partial charge in [-0.15, -0.1) is 0 Å². The van der Waals surface area contributed by atoms with Gasteiger partial charge in [-0.1, -0.05) is 19.8 Å². The maximum Gasteiger partial charge on any atom is 0.305 e. The minimum absolute atomic E-state index is 0.0120. The highest BCUT2D eigenvalue weighted by molar-refractivity contribution is 5.69. The van der Waals surface area contributed by atoms with Crippen LogP contribution in [0.3, 0.4) is 0 Å². The molecule has 1 saturated heterocycles. The van der Waals surface area contributed by atoms with Crippen molar-refractivity contribution in [3.8, 4) is 0 Å². The van der Waals surface area contributed by atoms with Gasteiger partial charge in [0.2, 0.25) is 0 Å². The molecule has 0 unspecified atom stereocenters. The fraction of sp³-hybridized carbons (Fsp3) is 0.900. The molecule has 82 valence electrons. The number of aliphatic hydroxyl groups excluding tert-OH is 1. The van der Waals surface area contributed by atoms with Gasteiger partial charge in [0.1, 0.15) is 18.8 Å². The van der Waals surface area contributed by atoms with Crippen molar-refractivity contribution in [1.82, 2.24) is 0 Å². The summed E-state index contributed by atoms with van der Waals surface area (Å²) in [5, 5.41) is 8.65. The Balaban J connectivity index is 1.93. The zero-order valence-electron chi connectivity index (χ0n) is 8.57. The quantitative estimate of drug-likeness (QED) is 0.378. The van der Waals surface area contributed by atoms with Crippen molar-refractivity contribution in [1.29, 1.82) is 0 Å². The smallest absolute Gasteiger partial charge is 0.305 e. The summed E-state index contributed by atoms with van der Waals surface area (Å²) in [5.74, 6) is -0.161. The molecule has 1 rings (SSSR count). The lowest BCUT2D eigenvalue weighted by Gasteiger charge is -2.01. The summed E-state index contributed by atoms with van der Waals surface area (Å²) in [6, 6.07) is 0. The first kappa shape index (κ1) is 11.5. The molecule has 4 nitrogen and oxygen atoms in total. The molecule has 1 aliphatic rings. The van der Waals surface area contributed by atoms with Gasteiger partial charge >= 0.3 is 5.97 Å². The lowest BCUT2D eigenvalue weighted by atomic mass is 10.2. The minimum atomic E-state index is -0.161. The van der Waals surface area contributed by atoms with Crippen molar-refractivity contribution in [3.63, 3.8) is 0 Å². The molecule has 1 aliphatic heterocycles. The van der Waals surface area contributed by atoms with E-state index in [1.54, 1.807) is 0 Å². The van der Waals surface area contributed by atoms with Crippen LogP contribution in [-0.4, -0.2) is 36.5 Å². The molecule has 4 heteroatoms. The maximum absolute atomic E-state index is 11.1. The van der Waals surface area contributed by atoms with Crippen LogP contribution in [0.4, 0.5) is 0 Å². The van der Waals surface area contributed by atoms with E-state index in [1.807, 2.05) is 0 Å². The maximum atomic E-state index is 11.1. The van der Waals surface area contributed by atoms with Crippen molar-refractivity contribution < 1.29 is 19.4 Å². The Hall–Kier alpha value is -0.610. The summed E-state index contributed by atoms with van der Waals surface area (Å²) >= 11 is 0. The topological polar surface area (TPSA) is 59.1 Å². The van der Waals surface area contributed by atoms with Gasteiger partial charge in [0.25, 0.3) is 0 Å². The van der Waals surface area contributed by atoms with Crippen LogP contribution in [-0.2, 0) is 14.3 Å². The van der Waals surface area contributed by atoms with E-state index in [1.165, 1.54) is 0 Å². The van der Waals surface area contributed by atoms with Gasteiger partial charge < -0.3 is 14.6 Å². The van der Waals surface area contributed by atoms with Crippen LogP contribution in [0.2, 0.25) is 0 Å². The minimum Gasteiger partial charge on any atom is -0.463 e. The molecule has 1 N–H and O–H groups in total. The molecule has 0 radical (unpaired) electrons. The summed E-state index contributed by atoms with van der Waals surface area (Å²) in [6.07, 6.45) is 3.36. The number of esters is 1. The lowest BCUT2D eigenvalue weighted by Crippen LogP contribution is -2.12. The Morgan fingerprint density at radius 3 is 2.79 bits per heavy atom. The van der Waals surface area contributed by atoms with E-state index < -0.39 is 0 Å². The summed E-state index contributed by atoms with van der Waals surface area (Å²) in [6.45, 7) is 2.39. The zero-order chi connectivity index (χ0) is 10.4. The fourth-order valence-electron chi connectivity index (χ4n) is 1.25. The van der Waals surface area contributed by atoms with Crippen molar-refractivity contribution in [2.45, 2.75) is 44.8 Å². The van der Waals surface area contributed by atoms with Gasteiger partial charge in [-0.3, -0.25) is 4.79 Å². The summed E-state index contributed by atoms with van der Waals surface area (Å²) < 4.78 is 9.98. The van der Waals surface area contributed by atoms with Crippen LogP contribution in [0.15, 0.2) is 0 Å². The number of hydrogen-bond donors (Lipinski definition) is 1. The van der Waals surface area contributed by atoms with Crippen LogP contribution < -0.4 is 0 Å². The van der Waals surface area contributed by atoms with Crippen molar-refractivity contribution >= 4 is 5.97 Å². The molecule has 1 heterocycles. The summed E-state index contributed by atoms with van der Waals surface area (Å²) in [7, 11) is 0. The highest BCUT2D eigenvalue weighted by Crippen LogP contribution is 2.21. The number of hydrogen-bond acceptors (Lipinski definition) is 4. The molecule has 14 heavy (non-hydrogen) atoms. The van der Waals surface area contributed by atoms with Crippen molar-refractivity contribution in [3.05, 3.63) is 0 Å². The zero-order valence-corrected chi connectivity index (χ0v) is 8.57. The Morgan fingerprint density at radius 1 is 1.43 bits per heavy atom. The molecule has 0 spiro atoms. The molecule has 0 aromatic rings. The Morgan fingerprint density at radius 2 is 2.21 bits per heavy atom. The molecule has 0 saturated carbocycles. The highest BCUT2D eigenvalue weighted by Gasteiger charge is 2.38. The molecular weight excluding hydrogens is 184 g/mol. The van der Waals surface area contributed by atoms with Gasteiger partial charge in [-0.05, 0) is 6.42 Å². The normalized spacial score (nSPS) is 24.7. The number of rotatable bonds is 7. The van der Waals surface area contributed by atoms with Crippen molar-refractivity contribution in [2.24, 2.45) is 0 Å². The SMILES string of the molecule is CCCCCC(=O)OC[C@H]1O[C@H]1CO. The average molecular weight is 202 g/mol. The molecular formula is C10H18O4. The predicted molar refractivity (Wildman–Crippen MR) is 50.8 cm³/mol. The fourth-order valence-corrected chi connectivity index (χ4v) is 1.25. The Labute approximate surface area is 84.2 Å². The van der Waals surface area contributed by atoms with Gasteiger partial charge in [0.05, 0.1) is 6.61 Å². The largest absolute Gasteiger partial charge is 0.463 e. The third kappa shape index (κ3) is 4.07. The molecule has 0 bridgehead atoms. The van der Waals surface area contributed by atoms with Gasteiger partial charge in [0, 0.05) is 6.42 Å². The Bertz CT molecular complexity index is 181. The van der Waals surface area contributed by atoms with Crippen LogP contribution in [0, 0.1) is 0 Å². The van der Waals surface area contributed by atoms with Gasteiger partial charge in [-0.2, -0.15) is 0 Å². The van der Waals surface area contributed by atoms with E-state index >= 15 is 0 Å². The second kappa shape index (κ2) is 5.98. The van der Waals surface area contributed by atoms with Crippen LogP contribution in [0.1, 0.15) is 32.6 Å². The molecule has 0 amide bonds. The summed E-state index contributed by atoms with van der Waals surface area (Å²) in [4.78, 5) is 11.1. The first-order valence-corrected chi connectivity index (χ1v) is 5.20. The van der Waals surface area contributed by atoms with Gasteiger partial charge in [0.15, 0.2) is 0 Å². The molecule has 2 atom stereocenters. The van der Waals surface area contributed by atoms with Gasteiger partial charge in [-0.25, -0.2) is 0 Å². The predicted octanol–water partition coefficient (Wildman–Crippen LogP) is 0.870. The van der Waals surface area contributed by atoms with E-state index in [2.05, 4.69) is 6.92 Å². The third-order valence-electron chi connectivity index (χ3n) is 2.26. The number of epoxide rings is 1. The lowest BCUT2D eigenvalue weighted by molar-refractivity contribution is -0.144. The van der Waals surface area contributed by atoms with Crippen LogP contribution >= 0.6 is 0 Å². The second-order valence-corrected chi connectivity index (χ2v) is 3.54. The van der Waals surface area contributed by atoms with E-state index in [-0.39, 0.29) is 31.4 Å². The van der Waals surface area contributed by atoms with E-state index in [9.17, 15) is 4.79 Å². The standard InChI is InChI=1S/C10H18O4/c1-2-3-4-5-10(12)13-7-9-8(6-11)14-9/h8-9,11H,2-7H2,1H3/t8-,9+/m0/s1. The Kier molecular flexibility index (Phi) is 4.90. The number of carbonyl (C=O) groups is 1. The molecule has 1 fully saturated rings. The highest BCUT2D eigenvalue weighted by atomic mass is 16.6. The van der Waals surface area contributed by atoms with E-state index in [4.69, 9.17) is 14.6 Å². The first-order valence-electron chi connectivity index (χ1n) is 5.20. The van der Waals surface area contributed by atoms with Crippen LogP contribution in [0.5, 0.6) is 0 Å². The van der Waals surface area contributed by atoms with Crippen molar-refractivity contribution in [2.75, 3.05) is 13.2 Å². The first-order chi connectivity index (χ1) is 6.77. The summed E-state index contributed by atoms with van der Waals surface area (Å²) in [5.41, 5.74) is 0. The van der Waals surface area contributed by atoms with E-state index in [0.717, 1.165) is 19.3 Å².